The van der Waals surface area contributed by atoms with Crippen LogP contribution in [0.4, 0.5) is 0 Å². The van der Waals surface area contributed by atoms with Gasteiger partial charge in [0.15, 0.2) is 5.54 Å². The first-order chi connectivity index (χ1) is 25.5. The van der Waals surface area contributed by atoms with E-state index in [9.17, 15) is 9.59 Å². The molecule has 0 radical (unpaired) electrons. The molecule has 0 aromatic heterocycles. The van der Waals surface area contributed by atoms with Crippen LogP contribution in [0.5, 0.6) is 0 Å². The summed E-state index contributed by atoms with van der Waals surface area (Å²) in [5.41, 5.74) is -0.839. The van der Waals surface area contributed by atoms with Crippen LogP contribution in [0.1, 0.15) is 207 Å². The van der Waals surface area contributed by atoms with Gasteiger partial charge in [-0.05, 0) is 90.3 Å². The average Bonchev–Trinajstić information content (AvgIpc) is 3.13. The summed E-state index contributed by atoms with van der Waals surface area (Å²) in [6.45, 7) is 11.1. The smallest absolute Gasteiger partial charge is 0.250 e. The third-order valence-electron chi connectivity index (χ3n) is 12.1. The number of nitrogens with zero attached hydrogens (tertiary/aromatic N) is 2. The lowest BCUT2D eigenvalue weighted by atomic mass is 9.86. The number of nitrogens with one attached hydrogen (secondary N) is 1. The number of unbranched alkanes of at least 4 members (excludes halogenated alkanes) is 20. The molecule has 0 bridgehead atoms. The van der Waals surface area contributed by atoms with Crippen LogP contribution in [0.15, 0.2) is 12.2 Å². The molecule has 6 heteroatoms. The lowest BCUT2D eigenvalue weighted by Crippen LogP contribution is -2.72. The number of allylic oxidation sites excluding steroid dienone is 2. The molecule has 2 rings (SSSR count). The Morgan fingerprint density at radius 2 is 1.15 bits per heavy atom. The van der Waals surface area contributed by atoms with Gasteiger partial charge in [0, 0.05) is 19.0 Å². The first kappa shape index (κ1) is 46.8. The van der Waals surface area contributed by atoms with E-state index in [1.807, 2.05) is 4.90 Å². The predicted molar refractivity (Wildman–Crippen MR) is 223 cm³/mol. The van der Waals surface area contributed by atoms with Gasteiger partial charge in [0.2, 0.25) is 5.91 Å². The minimum Gasteiger partial charge on any atom is -0.375 e. The van der Waals surface area contributed by atoms with Gasteiger partial charge in [-0.15, -0.1) is 0 Å². The molecule has 304 valence electrons. The van der Waals surface area contributed by atoms with Crippen LogP contribution in [-0.4, -0.2) is 73.6 Å². The first-order valence-electron chi connectivity index (χ1n) is 23.0. The van der Waals surface area contributed by atoms with Crippen molar-refractivity contribution < 1.29 is 14.3 Å². The van der Waals surface area contributed by atoms with Gasteiger partial charge in [0.25, 0.3) is 5.91 Å². The number of amides is 2. The van der Waals surface area contributed by atoms with E-state index in [0.717, 1.165) is 58.0 Å². The van der Waals surface area contributed by atoms with Gasteiger partial charge in [-0.2, -0.15) is 0 Å². The van der Waals surface area contributed by atoms with Crippen LogP contribution in [-0.2, 0) is 14.3 Å². The van der Waals surface area contributed by atoms with Gasteiger partial charge in [0.1, 0.15) is 0 Å². The number of piperidine rings is 1. The summed E-state index contributed by atoms with van der Waals surface area (Å²) in [6.07, 6.45) is 40.2. The first-order valence-corrected chi connectivity index (χ1v) is 23.0. The molecule has 1 atom stereocenters. The molecule has 2 amide bonds. The van der Waals surface area contributed by atoms with E-state index in [-0.39, 0.29) is 17.7 Å². The summed E-state index contributed by atoms with van der Waals surface area (Å²) in [5, 5.41) is 3.30. The third-order valence-corrected chi connectivity index (χ3v) is 12.1. The minimum atomic E-state index is -0.839. The maximum atomic E-state index is 14.7. The zero-order valence-electron chi connectivity index (χ0n) is 35.2. The highest BCUT2D eigenvalue weighted by molar-refractivity contribution is 5.93. The maximum absolute atomic E-state index is 14.7. The fourth-order valence-electron chi connectivity index (χ4n) is 8.24. The Kier molecular flexibility index (Phi) is 27.8. The largest absolute Gasteiger partial charge is 0.375 e. The number of hydrogen-bond acceptors (Lipinski definition) is 4. The number of ether oxygens (including phenoxy) is 1. The molecular formula is C46H87N3O3. The van der Waals surface area contributed by atoms with Crippen LogP contribution in [0.2, 0.25) is 0 Å². The van der Waals surface area contributed by atoms with E-state index < -0.39 is 5.54 Å². The van der Waals surface area contributed by atoms with Crippen molar-refractivity contribution in [1.82, 2.24) is 15.1 Å². The molecule has 1 N–H and O–H groups in total. The highest BCUT2D eigenvalue weighted by atomic mass is 16.5. The maximum Gasteiger partial charge on any atom is 0.250 e. The number of carbonyl (C=O) groups excluding carboxylic acids is 2. The fourth-order valence-corrected chi connectivity index (χ4v) is 8.24. The number of hydrogen-bond donors (Lipinski definition) is 1. The standard InChI is InChI=1S/C46H87N3O3/c1-5-8-11-14-16-17-18-19-20-21-22-23-24-25-27-30-36-47-45(51)46(40-52-41-46)49(39-35-42-33-37-48(4)38-34-42)44(50)43(31-28-13-10-7-3)32-29-26-15-12-9-6-2/h19-20,42-43H,5-18,21-41H2,1-4H3,(H,47,51)/b20-19-. The van der Waals surface area contributed by atoms with E-state index in [2.05, 4.69) is 50.2 Å². The molecule has 0 aliphatic carbocycles. The molecule has 0 saturated carbocycles. The molecule has 0 aromatic rings. The van der Waals surface area contributed by atoms with Crippen molar-refractivity contribution in [2.45, 2.75) is 213 Å². The zero-order valence-corrected chi connectivity index (χ0v) is 35.2. The summed E-state index contributed by atoms with van der Waals surface area (Å²) < 4.78 is 5.80. The van der Waals surface area contributed by atoms with E-state index >= 15 is 0 Å². The van der Waals surface area contributed by atoms with Crippen LogP contribution in [0, 0.1) is 11.8 Å². The van der Waals surface area contributed by atoms with E-state index in [1.54, 1.807) is 0 Å². The van der Waals surface area contributed by atoms with Gasteiger partial charge in [0.05, 0.1) is 13.2 Å². The second kappa shape index (κ2) is 30.9. The third kappa shape index (κ3) is 19.8. The SMILES string of the molecule is CCCCCCCC/C=C\CCCCCCCCNC(=O)C1(N(CCC2CCN(C)CC2)C(=O)C(CCCCCC)CCCCCCCC)COC1. The quantitative estimate of drug-likeness (QED) is 0.0529. The zero-order chi connectivity index (χ0) is 37.5. The van der Waals surface area contributed by atoms with Crippen LogP contribution >= 0.6 is 0 Å². The number of carbonyl (C=O) groups is 2. The molecule has 2 saturated heterocycles. The van der Waals surface area contributed by atoms with Gasteiger partial charge in [-0.25, -0.2) is 0 Å². The second-order valence-electron chi connectivity index (χ2n) is 16.8. The predicted octanol–water partition coefficient (Wildman–Crippen LogP) is 11.8. The monoisotopic (exact) mass is 730 g/mol. The van der Waals surface area contributed by atoms with Crippen molar-refractivity contribution in [2.24, 2.45) is 11.8 Å². The minimum absolute atomic E-state index is 0.0154. The van der Waals surface area contributed by atoms with E-state index in [4.69, 9.17) is 4.74 Å². The summed E-state index contributed by atoms with van der Waals surface area (Å²) in [4.78, 5) is 33.1. The summed E-state index contributed by atoms with van der Waals surface area (Å²) >= 11 is 0. The van der Waals surface area contributed by atoms with Crippen molar-refractivity contribution in [3.05, 3.63) is 12.2 Å². The van der Waals surface area contributed by atoms with Crippen molar-refractivity contribution >= 4 is 11.8 Å². The number of rotatable bonds is 34. The molecule has 2 aliphatic heterocycles. The molecular weight excluding hydrogens is 643 g/mol. The Bertz CT molecular complexity index is 895. The lowest BCUT2D eigenvalue weighted by Gasteiger charge is -2.49. The molecule has 0 spiro atoms. The topological polar surface area (TPSA) is 61.9 Å². The molecule has 52 heavy (non-hydrogen) atoms. The van der Waals surface area contributed by atoms with Crippen LogP contribution < -0.4 is 5.32 Å². The van der Waals surface area contributed by atoms with Crippen LogP contribution in [0.25, 0.3) is 0 Å². The summed E-state index contributed by atoms with van der Waals surface area (Å²) in [5.74, 6) is 0.887. The van der Waals surface area contributed by atoms with Gasteiger partial charge in [-0.1, -0.05) is 155 Å². The molecule has 2 fully saturated rings. The van der Waals surface area contributed by atoms with Crippen molar-refractivity contribution in [3.8, 4) is 0 Å². The van der Waals surface area contributed by atoms with Crippen molar-refractivity contribution in [1.29, 1.82) is 0 Å². The van der Waals surface area contributed by atoms with Gasteiger partial charge in [-0.3, -0.25) is 9.59 Å². The van der Waals surface area contributed by atoms with Gasteiger partial charge < -0.3 is 19.9 Å². The van der Waals surface area contributed by atoms with Gasteiger partial charge >= 0.3 is 0 Å². The Balaban J connectivity index is 1.86. The highest BCUT2D eigenvalue weighted by Crippen LogP contribution is 2.32. The highest BCUT2D eigenvalue weighted by Gasteiger charge is 2.53. The molecule has 6 nitrogen and oxygen atoms in total. The lowest BCUT2D eigenvalue weighted by molar-refractivity contribution is -0.182. The normalized spacial score (nSPS) is 17.0. The molecule has 2 heterocycles. The molecule has 0 aromatic carbocycles. The molecule has 2 aliphatic rings. The molecule has 1 unspecified atom stereocenters. The fraction of sp³-hybridized carbons (Fsp3) is 0.913. The number of likely N-dealkylation sites (tertiary alicyclic amines) is 1. The Morgan fingerprint density at radius 1 is 0.692 bits per heavy atom. The van der Waals surface area contributed by atoms with Crippen molar-refractivity contribution in [3.63, 3.8) is 0 Å². The average molecular weight is 730 g/mol. The Labute approximate surface area is 323 Å². The summed E-state index contributed by atoms with van der Waals surface area (Å²) in [6, 6.07) is 0. The Morgan fingerprint density at radius 3 is 1.65 bits per heavy atom. The summed E-state index contributed by atoms with van der Waals surface area (Å²) in [7, 11) is 2.21. The van der Waals surface area contributed by atoms with E-state index in [0.29, 0.717) is 32.2 Å². The van der Waals surface area contributed by atoms with E-state index in [1.165, 1.54) is 141 Å². The van der Waals surface area contributed by atoms with Crippen LogP contribution in [0.3, 0.4) is 0 Å². The van der Waals surface area contributed by atoms with Crippen molar-refractivity contribution in [2.75, 3.05) is 46.4 Å². The Hall–Kier alpha value is -1.40. The second-order valence-corrected chi connectivity index (χ2v) is 16.8.